The van der Waals surface area contributed by atoms with Gasteiger partial charge in [-0.15, -0.1) is 0 Å². The molecular weight excluding hydrogens is 345 g/mol. The lowest BCUT2D eigenvalue weighted by atomic mass is 9.97. The first-order chi connectivity index (χ1) is 13.1. The molecule has 6 nitrogen and oxygen atoms in total. The summed E-state index contributed by atoms with van der Waals surface area (Å²) in [6.45, 7) is 4.61. The number of fused-ring (bicyclic) bond motifs is 2. The highest BCUT2D eigenvalue weighted by Gasteiger charge is 2.30. The van der Waals surface area contributed by atoms with Crippen molar-refractivity contribution in [2.45, 2.75) is 32.6 Å². The molecule has 1 aliphatic rings. The summed E-state index contributed by atoms with van der Waals surface area (Å²) >= 11 is 0. The topological polar surface area (TPSA) is 68.6 Å². The van der Waals surface area contributed by atoms with Crippen LogP contribution in [0.1, 0.15) is 25.6 Å². The standard InChI is InChI=1S/C20H18FN5O/c1-11-12(2)27-10-17-18(15-7-8-22-20-16(15)9-23-24-20)19(25-26(11)17)13-3-5-14(21)6-4-13/h3-9,11-12H,10H2,1-2H3,(H,22,23,24). The Labute approximate surface area is 155 Å². The zero-order chi connectivity index (χ0) is 18.5. The molecule has 1 aromatic carbocycles. The molecular formula is C20H18FN5O. The number of nitrogens with zero attached hydrogens (tertiary/aromatic N) is 4. The Hall–Kier alpha value is -3.06. The minimum absolute atomic E-state index is 0.0673. The second-order valence-electron chi connectivity index (χ2n) is 6.87. The number of rotatable bonds is 2. The van der Waals surface area contributed by atoms with Crippen LogP contribution in [0.15, 0.2) is 42.7 Å². The second kappa shape index (κ2) is 5.99. The maximum Gasteiger partial charge on any atom is 0.155 e. The molecule has 0 spiro atoms. The number of pyridine rings is 1. The third-order valence-electron chi connectivity index (χ3n) is 5.30. The maximum atomic E-state index is 13.5. The van der Waals surface area contributed by atoms with Crippen LogP contribution < -0.4 is 0 Å². The normalized spacial score (nSPS) is 19.4. The summed E-state index contributed by atoms with van der Waals surface area (Å²) in [7, 11) is 0. The van der Waals surface area contributed by atoms with Gasteiger partial charge in [0.05, 0.1) is 30.6 Å². The van der Waals surface area contributed by atoms with E-state index in [9.17, 15) is 4.39 Å². The van der Waals surface area contributed by atoms with Gasteiger partial charge in [0.25, 0.3) is 0 Å². The van der Waals surface area contributed by atoms with Crippen LogP contribution in [-0.4, -0.2) is 31.1 Å². The third-order valence-corrected chi connectivity index (χ3v) is 5.30. The molecule has 3 aromatic heterocycles. The van der Waals surface area contributed by atoms with Gasteiger partial charge >= 0.3 is 0 Å². The van der Waals surface area contributed by atoms with E-state index in [1.807, 2.05) is 17.7 Å². The number of halogens is 1. The first-order valence-corrected chi connectivity index (χ1v) is 8.91. The molecule has 0 radical (unpaired) electrons. The molecule has 5 rings (SSSR count). The lowest BCUT2D eigenvalue weighted by molar-refractivity contribution is -0.0101. The maximum absolute atomic E-state index is 13.5. The molecule has 2 unspecified atom stereocenters. The van der Waals surface area contributed by atoms with Crippen molar-refractivity contribution in [1.29, 1.82) is 0 Å². The van der Waals surface area contributed by atoms with Crippen molar-refractivity contribution in [3.05, 3.63) is 54.2 Å². The quantitative estimate of drug-likeness (QED) is 0.582. The SMILES string of the molecule is CC1OCc2c(-c3ccnc4[nH]ncc34)c(-c3ccc(F)cc3)nn2C1C. The summed E-state index contributed by atoms with van der Waals surface area (Å²) in [5.41, 5.74) is 5.36. The van der Waals surface area contributed by atoms with Gasteiger partial charge in [-0.05, 0) is 49.7 Å². The fourth-order valence-electron chi connectivity index (χ4n) is 3.65. The number of H-pyrrole nitrogens is 1. The predicted octanol–water partition coefficient (Wildman–Crippen LogP) is 4.11. The molecule has 4 aromatic rings. The minimum Gasteiger partial charge on any atom is -0.370 e. The van der Waals surface area contributed by atoms with E-state index in [1.165, 1.54) is 12.1 Å². The monoisotopic (exact) mass is 363 g/mol. The molecule has 0 amide bonds. The summed E-state index contributed by atoms with van der Waals surface area (Å²) in [5.74, 6) is -0.268. The van der Waals surface area contributed by atoms with Gasteiger partial charge in [0.1, 0.15) is 11.5 Å². The number of ether oxygens (including phenoxy) is 1. The molecule has 0 saturated heterocycles. The van der Waals surface area contributed by atoms with Crippen LogP contribution in [0.4, 0.5) is 4.39 Å². The summed E-state index contributed by atoms with van der Waals surface area (Å²) in [6.07, 6.45) is 3.59. The van der Waals surface area contributed by atoms with Gasteiger partial charge in [-0.3, -0.25) is 9.78 Å². The van der Waals surface area contributed by atoms with Gasteiger partial charge in [-0.25, -0.2) is 9.37 Å². The van der Waals surface area contributed by atoms with Crippen LogP contribution in [0.5, 0.6) is 0 Å². The van der Waals surface area contributed by atoms with E-state index in [-0.39, 0.29) is 18.0 Å². The second-order valence-corrected chi connectivity index (χ2v) is 6.87. The van der Waals surface area contributed by atoms with Crippen molar-refractivity contribution < 1.29 is 9.13 Å². The molecule has 0 bridgehead atoms. The molecule has 27 heavy (non-hydrogen) atoms. The largest absolute Gasteiger partial charge is 0.370 e. The number of hydrogen-bond donors (Lipinski definition) is 1. The zero-order valence-corrected chi connectivity index (χ0v) is 15.0. The van der Waals surface area contributed by atoms with Crippen molar-refractivity contribution in [3.63, 3.8) is 0 Å². The molecule has 136 valence electrons. The Bertz CT molecular complexity index is 1130. The van der Waals surface area contributed by atoms with E-state index in [0.717, 1.165) is 39.1 Å². The number of hydrogen-bond acceptors (Lipinski definition) is 4. The summed E-state index contributed by atoms with van der Waals surface area (Å²) in [5, 5.41) is 12.9. The van der Waals surface area contributed by atoms with Gasteiger partial charge in [-0.2, -0.15) is 10.2 Å². The first kappa shape index (κ1) is 16.1. The number of nitrogens with one attached hydrogen (secondary N) is 1. The van der Waals surface area contributed by atoms with Gasteiger partial charge in [0, 0.05) is 22.7 Å². The molecule has 4 heterocycles. The van der Waals surface area contributed by atoms with Gasteiger partial charge in [-0.1, -0.05) is 0 Å². The Balaban J connectivity index is 1.82. The zero-order valence-electron chi connectivity index (χ0n) is 15.0. The van der Waals surface area contributed by atoms with Crippen molar-refractivity contribution >= 4 is 11.0 Å². The molecule has 0 aliphatic carbocycles. The highest BCUT2D eigenvalue weighted by atomic mass is 19.1. The van der Waals surface area contributed by atoms with Crippen LogP contribution in [0.2, 0.25) is 0 Å². The Morgan fingerprint density at radius 1 is 1.19 bits per heavy atom. The van der Waals surface area contributed by atoms with Crippen molar-refractivity contribution in [1.82, 2.24) is 25.0 Å². The predicted molar refractivity (Wildman–Crippen MR) is 99.5 cm³/mol. The molecule has 0 saturated carbocycles. The van der Waals surface area contributed by atoms with E-state index in [1.54, 1.807) is 24.5 Å². The van der Waals surface area contributed by atoms with E-state index in [2.05, 4.69) is 22.1 Å². The average Bonchev–Trinajstić information content (AvgIpc) is 3.30. The van der Waals surface area contributed by atoms with Crippen LogP contribution in [0.25, 0.3) is 33.4 Å². The number of aromatic amines is 1. The fraction of sp³-hybridized carbons (Fsp3) is 0.250. The molecule has 7 heteroatoms. The highest BCUT2D eigenvalue weighted by Crippen LogP contribution is 2.41. The smallest absolute Gasteiger partial charge is 0.155 e. The summed E-state index contributed by atoms with van der Waals surface area (Å²) in [4.78, 5) is 4.34. The summed E-state index contributed by atoms with van der Waals surface area (Å²) in [6, 6.07) is 8.50. The molecule has 1 aliphatic heterocycles. The number of benzene rings is 1. The fourth-order valence-corrected chi connectivity index (χ4v) is 3.65. The van der Waals surface area contributed by atoms with Crippen molar-refractivity contribution in [3.8, 4) is 22.4 Å². The van der Waals surface area contributed by atoms with Gasteiger partial charge in [0.15, 0.2) is 5.65 Å². The van der Waals surface area contributed by atoms with Crippen LogP contribution in [-0.2, 0) is 11.3 Å². The van der Waals surface area contributed by atoms with E-state index >= 15 is 0 Å². The molecule has 1 N–H and O–H groups in total. The van der Waals surface area contributed by atoms with E-state index < -0.39 is 0 Å². The number of aromatic nitrogens is 5. The van der Waals surface area contributed by atoms with Crippen LogP contribution in [0, 0.1) is 5.82 Å². The Morgan fingerprint density at radius 2 is 2.00 bits per heavy atom. The van der Waals surface area contributed by atoms with Crippen LogP contribution >= 0.6 is 0 Å². The average molecular weight is 363 g/mol. The van der Waals surface area contributed by atoms with Crippen molar-refractivity contribution in [2.24, 2.45) is 0 Å². The highest BCUT2D eigenvalue weighted by molar-refractivity contribution is 5.97. The Kier molecular flexibility index (Phi) is 3.58. The molecule has 0 fully saturated rings. The first-order valence-electron chi connectivity index (χ1n) is 8.91. The molecule has 2 atom stereocenters. The van der Waals surface area contributed by atoms with E-state index in [4.69, 9.17) is 9.84 Å². The van der Waals surface area contributed by atoms with Gasteiger partial charge < -0.3 is 4.74 Å². The minimum atomic E-state index is -0.268. The van der Waals surface area contributed by atoms with Gasteiger partial charge in [0.2, 0.25) is 0 Å². The van der Waals surface area contributed by atoms with Crippen molar-refractivity contribution in [2.75, 3.05) is 0 Å². The third kappa shape index (κ3) is 2.46. The van der Waals surface area contributed by atoms with E-state index in [0.29, 0.717) is 6.61 Å². The Morgan fingerprint density at radius 3 is 2.81 bits per heavy atom. The lowest BCUT2D eigenvalue weighted by Crippen LogP contribution is -2.29. The summed E-state index contributed by atoms with van der Waals surface area (Å²) < 4.78 is 21.5. The van der Waals surface area contributed by atoms with Crippen LogP contribution in [0.3, 0.4) is 0 Å². The lowest BCUT2D eigenvalue weighted by Gasteiger charge is -2.28.